The van der Waals surface area contributed by atoms with E-state index in [-0.39, 0.29) is 25.6 Å². The van der Waals surface area contributed by atoms with Crippen LogP contribution in [0.15, 0.2) is 78.9 Å². The van der Waals surface area contributed by atoms with Crippen LogP contribution in [-0.4, -0.2) is 72.6 Å². The summed E-state index contributed by atoms with van der Waals surface area (Å²) in [7, 11) is 4.06. The Bertz CT molecular complexity index is 1410. The van der Waals surface area contributed by atoms with Crippen LogP contribution < -0.4 is 10.6 Å². The molecule has 3 aromatic rings. The summed E-state index contributed by atoms with van der Waals surface area (Å²) < 4.78 is 10.3. The van der Waals surface area contributed by atoms with Gasteiger partial charge in [-0.2, -0.15) is 0 Å². The molecule has 2 aliphatic rings. The molecular formula is C31H31N3O6S2. The van der Waals surface area contributed by atoms with Gasteiger partial charge in [0.05, 0.1) is 7.11 Å². The molecule has 0 bridgehead atoms. The minimum Gasteiger partial charge on any atom is -0.468 e. The number of ether oxygens (including phenoxy) is 2. The maximum atomic E-state index is 13.9. The van der Waals surface area contributed by atoms with E-state index in [0.29, 0.717) is 11.5 Å². The van der Waals surface area contributed by atoms with E-state index >= 15 is 0 Å². The molecule has 9 nitrogen and oxygen atoms in total. The number of benzene rings is 3. The van der Waals surface area contributed by atoms with Crippen molar-refractivity contribution in [2.45, 2.75) is 24.5 Å². The average molecular weight is 606 g/mol. The molecule has 1 unspecified atom stereocenters. The fourth-order valence-electron chi connectivity index (χ4n) is 5.16. The summed E-state index contributed by atoms with van der Waals surface area (Å²) >= 11 is 0. The Morgan fingerprint density at radius 2 is 1.50 bits per heavy atom. The molecular weight excluding hydrogens is 574 g/mol. The molecule has 1 aliphatic heterocycles. The van der Waals surface area contributed by atoms with Crippen molar-refractivity contribution in [3.05, 3.63) is 95.6 Å². The van der Waals surface area contributed by atoms with E-state index in [1.807, 2.05) is 66.7 Å². The van der Waals surface area contributed by atoms with Crippen molar-refractivity contribution in [1.82, 2.24) is 15.5 Å². The van der Waals surface area contributed by atoms with Gasteiger partial charge in [0.2, 0.25) is 11.8 Å². The van der Waals surface area contributed by atoms with Gasteiger partial charge < -0.3 is 25.0 Å². The maximum Gasteiger partial charge on any atom is 0.407 e. The molecule has 42 heavy (non-hydrogen) atoms. The zero-order valence-corrected chi connectivity index (χ0v) is 24.6. The quantitative estimate of drug-likeness (QED) is 0.293. The van der Waals surface area contributed by atoms with Crippen molar-refractivity contribution in [3.8, 4) is 11.1 Å². The first-order valence-corrected chi connectivity index (χ1v) is 16.0. The summed E-state index contributed by atoms with van der Waals surface area (Å²) in [6, 6.07) is 23.7. The van der Waals surface area contributed by atoms with Crippen LogP contribution in [0.4, 0.5) is 4.79 Å². The summed E-state index contributed by atoms with van der Waals surface area (Å²) in [6.45, 7) is -0.0303. The molecule has 1 fully saturated rings. The molecule has 1 heterocycles. The Morgan fingerprint density at radius 3 is 2.17 bits per heavy atom. The summed E-state index contributed by atoms with van der Waals surface area (Å²) in [5.41, 5.74) is 5.26. The van der Waals surface area contributed by atoms with Gasteiger partial charge >= 0.3 is 12.1 Å². The number of rotatable bonds is 8. The third-order valence-corrected chi connectivity index (χ3v) is 9.67. The van der Waals surface area contributed by atoms with Crippen LogP contribution in [0, 0.1) is 0 Å². The Hall–Kier alpha value is -3.96. The SMILES string of the molecule is COC(=O)CNC(=O)C1CSSC[C@H](NC(=O)OCC2c3ccccc3-c3ccccc32)C(=O)N1Cc1ccccc1. The molecule has 3 amide bonds. The lowest BCUT2D eigenvalue weighted by atomic mass is 9.98. The van der Waals surface area contributed by atoms with Crippen molar-refractivity contribution in [2.75, 3.05) is 31.8 Å². The van der Waals surface area contributed by atoms with Gasteiger partial charge in [-0.3, -0.25) is 14.4 Å². The van der Waals surface area contributed by atoms with E-state index in [4.69, 9.17) is 4.74 Å². The Morgan fingerprint density at radius 1 is 0.881 bits per heavy atom. The topological polar surface area (TPSA) is 114 Å². The highest BCUT2D eigenvalue weighted by Crippen LogP contribution is 2.44. The van der Waals surface area contributed by atoms with Gasteiger partial charge in [-0.15, -0.1) is 0 Å². The Labute approximate surface area is 252 Å². The number of amides is 3. The monoisotopic (exact) mass is 605 g/mol. The van der Waals surface area contributed by atoms with Gasteiger partial charge in [-0.1, -0.05) is 100 Å². The third kappa shape index (κ3) is 6.74. The van der Waals surface area contributed by atoms with Crippen molar-refractivity contribution < 1.29 is 28.7 Å². The predicted octanol–water partition coefficient (Wildman–Crippen LogP) is 3.98. The molecule has 3 aromatic carbocycles. The molecule has 1 saturated heterocycles. The number of carbonyl (C=O) groups excluding carboxylic acids is 4. The lowest BCUT2D eigenvalue weighted by Crippen LogP contribution is -2.58. The fraction of sp³-hybridized carbons (Fsp3) is 0.290. The van der Waals surface area contributed by atoms with Crippen LogP contribution >= 0.6 is 21.6 Å². The molecule has 5 rings (SSSR count). The second kappa shape index (κ2) is 13.8. The van der Waals surface area contributed by atoms with Crippen molar-refractivity contribution in [1.29, 1.82) is 0 Å². The van der Waals surface area contributed by atoms with Gasteiger partial charge in [0, 0.05) is 24.0 Å². The normalized spacial score (nSPS) is 18.2. The molecule has 11 heteroatoms. The number of nitrogens with zero attached hydrogens (tertiary/aromatic N) is 1. The molecule has 0 aromatic heterocycles. The molecule has 1 aliphatic carbocycles. The number of hydrogen-bond acceptors (Lipinski definition) is 8. The number of nitrogens with one attached hydrogen (secondary N) is 2. The first-order valence-electron chi connectivity index (χ1n) is 13.5. The highest BCUT2D eigenvalue weighted by molar-refractivity contribution is 8.76. The van der Waals surface area contributed by atoms with Gasteiger partial charge in [0.25, 0.3) is 0 Å². The lowest BCUT2D eigenvalue weighted by molar-refractivity contribution is -0.144. The number of hydrogen-bond donors (Lipinski definition) is 2. The largest absolute Gasteiger partial charge is 0.468 e. The number of fused-ring (bicyclic) bond motifs is 3. The van der Waals surface area contributed by atoms with Gasteiger partial charge in [0.15, 0.2) is 0 Å². The van der Waals surface area contributed by atoms with Crippen LogP contribution in [0.25, 0.3) is 11.1 Å². The molecule has 0 radical (unpaired) electrons. The predicted molar refractivity (Wildman–Crippen MR) is 163 cm³/mol. The fourth-order valence-corrected chi connectivity index (χ4v) is 7.55. The minimum atomic E-state index is -0.918. The Kier molecular flexibility index (Phi) is 9.70. The third-order valence-electron chi connectivity index (χ3n) is 7.27. The lowest BCUT2D eigenvalue weighted by Gasteiger charge is -2.35. The van der Waals surface area contributed by atoms with Crippen molar-refractivity contribution >= 4 is 45.5 Å². The summed E-state index contributed by atoms with van der Waals surface area (Å²) in [5.74, 6) is -0.966. The van der Waals surface area contributed by atoms with Crippen LogP contribution in [0.1, 0.15) is 22.6 Å². The van der Waals surface area contributed by atoms with E-state index in [0.717, 1.165) is 27.8 Å². The maximum absolute atomic E-state index is 13.9. The zero-order chi connectivity index (χ0) is 29.5. The van der Waals surface area contributed by atoms with E-state index in [1.54, 1.807) is 0 Å². The summed E-state index contributed by atoms with van der Waals surface area (Å²) in [6.07, 6.45) is -0.701. The molecule has 218 valence electrons. The van der Waals surface area contributed by atoms with E-state index in [1.165, 1.54) is 33.6 Å². The second-order valence-corrected chi connectivity index (χ2v) is 12.4. The first-order chi connectivity index (χ1) is 20.5. The Balaban J connectivity index is 1.30. The molecule has 0 saturated carbocycles. The average Bonchev–Trinajstić information content (AvgIpc) is 3.34. The van der Waals surface area contributed by atoms with Crippen LogP contribution in [0.2, 0.25) is 0 Å². The highest BCUT2D eigenvalue weighted by atomic mass is 33.1. The number of methoxy groups -OCH3 is 1. The number of esters is 1. The van der Waals surface area contributed by atoms with Crippen molar-refractivity contribution in [3.63, 3.8) is 0 Å². The standard InChI is InChI=1S/C31H31N3O6S2/c1-39-28(35)15-32-29(36)27-19-42-41-18-26(30(37)34(27)16-20-9-3-2-4-10-20)33-31(38)40-17-25-23-13-7-5-11-21(23)22-12-6-8-14-24(22)25/h2-14,25-27H,15-19H2,1H3,(H,32,36)(H,33,38)/t26-,27?/m0/s1. The zero-order valence-electron chi connectivity index (χ0n) is 23.0. The second-order valence-electron chi connectivity index (χ2n) is 9.85. The molecule has 0 spiro atoms. The van der Waals surface area contributed by atoms with E-state index < -0.39 is 36.0 Å². The smallest absolute Gasteiger partial charge is 0.407 e. The molecule has 2 atom stereocenters. The first kappa shape index (κ1) is 29.5. The van der Waals surface area contributed by atoms with Crippen LogP contribution in [-0.2, 0) is 30.4 Å². The van der Waals surface area contributed by atoms with Crippen LogP contribution in [0.5, 0.6) is 0 Å². The van der Waals surface area contributed by atoms with Crippen LogP contribution in [0.3, 0.4) is 0 Å². The highest BCUT2D eigenvalue weighted by Gasteiger charge is 2.37. The summed E-state index contributed by atoms with van der Waals surface area (Å²) in [4.78, 5) is 53.2. The van der Waals surface area contributed by atoms with E-state index in [9.17, 15) is 19.2 Å². The minimum absolute atomic E-state index is 0.112. The number of carbonyl (C=O) groups is 4. The number of alkyl carbamates (subject to hydrolysis) is 1. The van der Waals surface area contributed by atoms with Gasteiger partial charge in [0.1, 0.15) is 25.2 Å². The van der Waals surface area contributed by atoms with Crippen molar-refractivity contribution in [2.24, 2.45) is 0 Å². The van der Waals surface area contributed by atoms with E-state index in [2.05, 4.69) is 27.5 Å². The van der Waals surface area contributed by atoms with Gasteiger partial charge in [-0.25, -0.2) is 4.79 Å². The molecule has 2 N–H and O–H groups in total. The summed E-state index contributed by atoms with van der Waals surface area (Å²) in [5, 5.41) is 5.32. The van der Waals surface area contributed by atoms with Gasteiger partial charge in [-0.05, 0) is 27.8 Å².